The fraction of sp³-hybridized carbons (Fsp3) is 0.500. The van der Waals surface area contributed by atoms with Crippen molar-refractivity contribution in [1.29, 1.82) is 0 Å². The highest BCUT2D eigenvalue weighted by Crippen LogP contribution is 2.25. The van der Waals surface area contributed by atoms with Crippen molar-refractivity contribution >= 4 is 5.69 Å². The van der Waals surface area contributed by atoms with Crippen molar-refractivity contribution in [3.63, 3.8) is 0 Å². The van der Waals surface area contributed by atoms with Crippen LogP contribution in [-0.2, 0) is 13.5 Å². The Bertz CT molecular complexity index is 575. The number of rotatable bonds is 3. The molecule has 20 heavy (non-hydrogen) atoms. The third kappa shape index (κ3) is 2.84. The van der Waals surface area contributed by atoms with E-state index in [2.05, 4.69) is 45.5 Å². The van der Waals surface area contributed by atoms with Gasteiger partial charge in [0.25, 0.3) is 0 Å². The Morgan fingerprint density at radius 3 is 2.95 bits per heavy atom. The number of piperidine rings is 1. The number of aryl methyl sites for hydroxylation is 2. The molecule has 4 nitrogen and oxygen atoms in total. The average Bonchev–Trinajstić information content (AvgIpc) is 2.85. The van der Waals surface area contributed by atoms with Crippen LogP contribution in [0.1, 0.15) is 24.4 Å². The van der Waals surface area contributed by atoms with Crippen LogP contribution < -0.4 is 4.90 Å². The van der Waals surface area contributed by atoms with Crippen molar-refractivity contribution in [3.05, 3.63) is 42.2 Å². The van der Waals surface area contributed by atoms with E-state index in [4.69, 9.17) is 0 Å². The Morgan fingerprint density at radius 1 is 1.30 bits per heavy atom. The lowest BCUT2D eigenvalue weighted by Crippen LogP contribution is -2.36. The normalized spacial score (nSPS) is 19.3. The Balaban J connectivity index is 1.69. The van der Waals surface area contributed by atoms with Gasteiger partial charge in [0.05, 0.1) is 0 Å². The van der Waals surface area contributed by atoms with Crippen molar-refractivity contribution in [2.45, 2.75) is 26.2 Å². The van der Waals surface area contributed by atoms with E-state index in [-0.39, 0.29) is 0 Å². The van der Waals surface area contributed by atoms with E-state index >= 15 is 0 Å². The van der Waals surface area contributed by atoms with Crippen molar-refractivity contribution in [1.82, 2.24) is 14.5 Å². The summed E-state index contributed by atoms with van der Waals surface area (Å²) in [4.78, 5) is 11.2. The maximum Gasteiger partial charge on any atom is 0.108 e. The van der Waals surface area contributed by atoms with Gasteiger partial charge in [-0.05, 0) is 37.8 Å². The molecule has 1 atom stereocenters. The first-order valence-electron chi connectivity index (χ1n) is 7.36. The Kier molecular flexibility index (Phi) is 3.72. The minimum Gasteiger partial charge on any atom is -0.371 e. The fourth-order valence-electron chi connectivity index (χ4n) is 3.04. The van der Waals surface area contributed by atoms with Gasteiger partial charge in [-0.15, -0.1) is 0 Å². The van der Waals surface area contributed by atoms with E-state index in [0.29, 0.717) is 5.92 Å². The molecule has 2 aromatic heterocycles. The van der Waals surface area contributed by atoms with Gasteiger partial charge in [-0.2, -0.15) is 0 Å². The van der Waals surface area contributed by atoms with Crippen LogP contribution >= 0.6 is 0 Å². The molecule has 1 aliphatic heterocycles. The highest BCUT2D eigenvalue weighted by atomic mass is 15.1. The number of imidazole rings is 1. The molecule has 1 unspecified atom stereocenters. The van der Waals surface area contributed by atoms with Crippen molar-refractivity contribution in [2.24, 2.45) is 13.0 Å². The summed E-state index contributed by atoms with van der Waals surface area (Å²) in [5, 5.41) is 0. The molecule has 1 aliphatic rings. The molecule has 0 aromatic carbocycles. The number of anilines is 1. The highest BCUT2D eigenvalue weighted by Gasteiger charge is 2.21. The summed E-state index contributed by atoms with van der Waals surface area (Å²) < 4.78 is 2.13. The van der Waals surface area contributed by atoms with Gasteiger partial charge >= 0.3 is 0 Å². The van der Waals surface area contributed by atoms with Gasteiger partial charge in [0.15, 0.2) is 0 Å². The van der Waals surface area contributed by atoms with Crippen molar-refractivity contribution in [3.8, 4) is 0 Å². The number of hydrogen-bond acceptors (Lipinski definition) is 3. The molecular formula is C16H22N4. The van der Waals surface area contributed by atoms with Crippen LogP contribution in [0.4, 0.5) is 5.69 Å². The first-order valence-corrected chi connectivity index (χ1v) is 7.36. The van der Waals surface area contributed by atoms with Crippen LogP contribution in [0.5, 0.6) is 0 Å². The maximum atomic E-state index is 4.46. The third-order valence-electron chi connectivity index (χ3n) is 4.16. The van der Waals surface area contributed by atoms with E-state index in [1.807, 2.05) is 18.6 Å². The molecule has 3 heterocycles. The van der Waals surface area contributed by atoms with Gasteiger partial charge in [0.2, 0.25) is 0 Å². The highest BCUT2D eigenvalue weighted by molar-refractivity contribution is 5.46. The topological polar surface area (TPSA) is 34.0 Å². The van der Waals surface area contributed by atoms with Gasteiger partial charge in [0, 0.05) is 56.5 Å². The molecule has 0 spiro atoms. The summed E-state index contributed by atoms with van der Waals surface area (Å²) in [7, 11) is 2.08. The summed E-state index contributed by atoms with van der Waals surface area (Å²) in [6.07, 6.45) is 9.46. The molecule has 0 bridgehead atoms. The van der Waals surface area contributed by atoms with E-state index in [1.165, 1.54) is 24.4 Å². The number of aromatic nitrogens is 3. The van der Waals surface area contributed by atoms with Gasteiger partial charge < -0.3 is 9.47 Å². The van der Waals surface area contributed by atoms with E-state index in [1.54, 1.807) is 0 Å². The zero-order valence-corrected chi connectivity index (χ0v) is 12.3. The minimum absolute atomic E-state index is 0.693. The molecular weight excluding hydrogens is 248 g/mol. The first-order chi connectivity index (χ1) is 9.72. The van der Waals surface area contributed by atoms with Crippen LogP contribution in [-0.4, -0.2) is 27.6 Å². The lowest BCUT2D eigenvalue weighted by Gasteiger charge is -2.34. The molecule has 3 rings (SSSR count). The van der Waals surface area contributed by atoms with Crippen LogP contribution in [0.2, 0.25) is 0 Å². The summed E-state index contributed by atoms with van der Waals surface area (Å²) in [5.41, 5.74) is 2.40. The average molecular weight is 270 g/mol. The monoisotopic (exact) mass is 270 g/mol. The van der Waals surface area contributed by atoms with Crippen LogP contribution in [0.3, 0.4) is 0 Å². The fourth-order valence-corrected chi connectivity index (χ4v) is 3.04. The van der Waals surface area contributed by atoms with Gasteiger partial charge in [0.1, 0.15) is 5.82 Å². The van der Waals surface area contributed by atoms with E-state index < -0.39 is 0 Å². The third-order valence-corrected chi connectivity index (χ3v) is 4.16. The maximum absolute atomic E-state index is 4.46. The molecule has 1 saturated heterocycles. The van der Waals surface area contributed by atoms with E-state index in [0.717, 1.165) is 25.2 Å². The second kappa shape index (κ2) is 5.65. The largest absolute Gasteiger partial charge is 0.371 e. The molecule has 0 saturated carbocycles. The van der Waals surface area contributed by atoms with Crippen molar-refractivity contribution < 1.29 is 0 Å². The molecule has 0 radical (unpaired) electrons. The summed E-state index contributed by atoms with van der Waals surface area (Å²) in [6, 6.07) is 4.30. The standard InChI is InChI=1S/C16H22N4/c1-13-10-15(5-6-17-13)20-8-3-4-14(12-20)11-16-18-7-9-19(16)2/h5-7,9-10,14H,3-4,8,11-12H2,1-2H3. The summed E-state index contributed by atoms with van der Waals surface area (Å²) in [6.45, 7) is 4.33. The Labute approximate surface area is 120 Å². The predicted molar refractivity (Wildman–Crippen MR) is 80.8 cm³/mol. The Morgan fingerprint density at radius 2 is 2.20 bits per heavy atom. The number of nitrogens with zero attached hydrogens (tertiary/aromatic N) is 4. The second-order valence-corrected chi connectivity index (χ2v) is 5.77. The van der Waals surface area contributed by atoms with Gasteiger partial charge in [-0.3, -0.25) is 4.98 Å². The van der Waals surface area contributed by atoms with Gasteiger partial charge in [-0.25, -0.2) is 4.98 Å². The number of pyridine rings is 1. The minimum atomic E-state index is 0.693. The smallest absolute Gasteiger partial charge is 0.108 e. The molecule has 0 aliphatic carbocycles. The molecule has 0 amide bonds. The zero-order chi connectivity index (χ0) is 13.9. The van der Waals surface area contributed by atoms with E-state index in [9.17, 15) is 0 Å². The molecule has 4 heteroatoms. The number of hydrogen-bond donors (Lipinski definition) is 0. The quantitative estimate of drug-likeness (QED) is 0.859. The summed E-state index contributed by atoms with van der Waals surface area (Å²) >= 11 is 0. The van der Waals surface area contributed by atoms with Gasteiger partial charge in [-0.1, -0.05) is 0 Å². The molecule has 2 aromatic rings. The lowest BCUT2D eigenvalue weighted by molar-refractivity contribution is 0.403. The molecule has 0 N–H and O–H groups in total. The molecule has 106 valence electrons. The summed E-state index contributed by atoms with van der Waals surface area (Å²) in [5.74, 6) is 1.89. The Hall–Kier alpha value is -1.84. The predicted octanol–water partition coefficient (Wildman–Crippen LogP) is 2.58. The van der Waals surface area contributed by atoms with Crippen molar-refractivity contribution in [2.75, 3.05) is 18.0 Å². The first kappa shape index (κ1) is 13.2. The zero-order valence-electron chi connectivity index (χ0n) is 12.3. The van der Waals surface area contributed by atoms with Crippen LogP contribution in [0.25, 0.3) is 0 Å². The van der Waals surface area contributed by atoms with Crippen LogP contribution in [0.15, 0.2) is 30.7 Å². The molecule has 1 fully saturated rings. The SMILES string of the molecule is Cc1cc(N2CCCC(Cc3nccn3C)C2)ccn1. The van der Waals surface area contributed by atoms with Crippen LogP contribution in [0, 0.1) is 12.8 Å². The second-order valence-electron chi connectivity index (χ2n) is 5.77. The lowest BCUT2D eigenvalue weighted by atomic mass is 9.94.